The molecule has 7 heterocycles. The van der Waals surface area contributed by atoms with Crippen LogP contribution in [0.2, 0.25) is 19.6 Å². The SMILES string of the molecule is CCN1C(=O)c2c(O)c(=O)c(-c3cn(Cc4ccc(F)cc4F)nn3)cn2C2COC[C@@H]21.CCN1C(=O)c2c(OCc3ccccc3)c(=O)c(C#C[Si](C)(C)C)cn2C2COC[C@@H]21.[N-]=[N+]=NCc1ccc(F)cc1F. The van der Waals surface area contributed by atoms with E-state index in [1.165, 1.54) is 29.2 Å². The molecule has 4 aliphatic heterocycles. The minimum atomic E-state index is -1.69. The fourth-order valence-corrected chi connectivity index (χ4v) is 9.67. The zero-order chi connectivity index (χ0) is 53.7. The third-order valence-electron chi connectivity index (χ3n) is 12.8. The molecule has 10 rings (SSSR count). The van der Waals surface area contributed by atoms with E-state index in [1.807, 2.05) is 48.7 Å². The van der Waals surface area contributed by atoms with Crippen molar-refractivity contribution < 1.29 is 46.5 Å². The highest BCUT2D eigenvalue weighted by Gasteiger charge is 2.46. The number of azide groups is 1. The molecule has 390 valence electrons. The quantitative estimate of drug-likeness (QED) is 0.0359. The van der Waals surface area contributed by atoms with E-state index in [4.69, 9.17) is 19.7 Å². The lowest BCUT2D eigenvalue weighted by Crippen LogP contribution is -2.51. The Morgan fingerprint density at radius 2 is 1.35 bits per heavy atom. The molecule has 18 nitrogen and oxygen atoms in total. The number of hydrogen-bond donors (Lipinski definition) is 1. The van der Waals surface area contributed by atoms with E-state index in [1.54, 1.807) is 20.6 Å². The van der Waals surface area contributed by atoms with Crippen LogP contribution in [-0.2, 0) is 29.2 Å². The first-order valence-electron chi connectivity index (χ1n) is 24.0. The highest BCUT2D eigenvalue weighted by Crippen LogP contribution is 2.37. The van der Waals surface area contributed by atoms with E-state index in [9.17, 15) is 41.8 Å². The lowest BCUT2D eigenvalue weighted by Gasteiger charge is -2.38. The Bertz CT molecular complexity index is 3390. The number of fused-ring (bicyclic) bond motifs is 6. The summed E-state index contributed by atoms with van der Waals surface area (Å²) in [5, 5.41) is 21.7. The summed E-state index contributed by atoms with van der Waals surface area (Å²) >= 11 is 0. The van der Waals surface area contributed by atoms with Gasteiger partial charge in [-0.1, -0.05) is 78.4 Å². The van der Waals surface area contributed by atoms with E-state index in [-0.39, 0.29) is 89.0 Å². The molecule has 2 saturated heterocycles. The van der Waals surface area contributed by atoms with E-state index < -0.39 is 48.4 Å². The van der Waals surface area contributed by atoms with Gasteiger partial charge in [0.15, 0.2) is 22.9 Å². The van der Waals surface area contributed by atoms with Crippen molar-refractivity contribution in [1.29, 1.82) is 0 Å². The molecular weight excluding hydrogens is 997 g/mol. The van der Waals surface area contributed by atoms with Gasteiger partial charge in [-0.15, -0.1) is 10.6 Å². The number of hydrogen-bond acceptors (Lipinski definition) is 11. The lowest BCUT2D eigenvalue weighted by atomic mass is 10.0. The first kappa shape index (κ1) is 53.3. The second kappa shape index (κ2) is 22.6. The predicted molar refractivity (Wildman–Crippen MR) is 268 cm³/mol. The van der Waals surface area contributed by atoms with Gasteiger partial charge in [0.2, 0.25) is 10.9 Å². The summed E-state index contributed by atoms with van der Waals surface area (Å²) in [7, 11) is -1.69. The van der Waals surface area contributed by atoms with Gasteiger partial charge in [0.25, 0.3) is 11.8 Å². The van der Waals surface area contributed by atoms with Gasteiger partial charge in [0.1, 0.15) is 43.6 Å². The van der Waals surface area contributed by atoms with Crippen LogP contribution in [-0.4, -0.2) is 111 Å². The molecular formula is C52H52F4N10O8Si. The van der Waals surface area contributed by atoms with Crippen LogP contribution in [0.4, 0.5) is 17.6 Å². The van der Waals surface area contributed by atoms with Gasteiger partial charge in [-0.2, -0.15) is 0 Å². The van der Waals surface area contributed by atoms with Crippen LogP contribution in [0.25, 0.3) is 21.7 Å². The fourth-order valence-electron chi connectivity index (χ4n) is 9.16. The van der Waals surface area contributed by atoms with Gasteiger partial charge >= 0.3 is 0 Å². The lowest BCUT2D eigenvalue weighted by molar-refractivity contribution is 0.0562. The van der Waals surface area contributed by atoms with E-state index in [0.29, 0.717) is 50.8 Å². The van der Waals surface area contributed by atoms with Gasteiger partial charge in [0.05, 0.1) is 81.0 Å². The average Bonchev–Trinajstić information content (AvgIpc) is 4.19. The van der Waals surface area contributed by atoms with Gasteiger partial charge < -0.3 is 38.3 Å². The van der Waals surface area contributed by atoms with Crippen LogP contribution in [0.5, 0.6) is 11.5 Å². The van der Waals surface area contributed by atoms with E-state index >= 15 is 0 Å². The first-order chi connectivity index (χ1) is 35.9. The molecule has 2 unspecified atom stereocenters. The Labute approximate surface area is 428 Å². The van der Waals surface area contributed by atoms with E-state index in [0.717, 1.165) is 29.8 Å². The molecule has 0 spiro atoms. The minimum Gasteiger partial charge on any atom is -0.503 e. The van der Waals surface area contributed by atoms with Crippen molar-refractivity contribution in [3.8, 4) is 34.2 Å². The summed E-state index contributed by atoms with van der Waals surface area (Å²) in [6, 6.07) is 15.4. The number of carbonyl (C=O) groups excluding carboxylic acids is 2. The van der Waals surface area contributed by atoms with Crippen molar-refractivity contribution in [2.24, 2.45) is 5.11 Å². The van der Waals surface area contributed by atoms with Crippen LogP contribution in [0.3, 0.4) is 0 Å². The molecule has 6 aromatic rings. The number of benzene rings is 3. The maximum Gasteiger partial charge on any atom is 0.274 e. The number of aromatic hydroxyl groups is 1. The molecule has 3 aromatic heterocycles. The Hall–Kier alpha value is -8.03. The third-order valence-corrected chi connectivity index (χ3v) is 13.7. The van der Waals surface area contributed by atoms with Gasteiger partial charge in [0, 0.05) is 48.1 Å². The molecule has 4 aliphatic rings. The highest BCUT2D eigenvalue weighted by atomic mass is 28.3. The van der Waals surface area contributed by atoms with Crippen molar-refractivity contribution in [3.63, 3.8) is 0 Å². The standard InChI is InChI=1S/C24H28N2O4Si.C21H19F2N5O4.C7H5F2N3/c1-5-25-19-15-29-16-20(19)26-13-18(11-12-31(2,3)4)22(27)23(21(26)24(25)28)30-14-17-9-7-6-8-10-17;1-2-27-16-9-32-10-17(16)28-7-13(19(29)20(30)18(28)21(27)31)15-8-26(25-24-15)6-11-3-4-12(22)5-14(11)23;8-6-2-1-5(4-11-12-10)7(9)3-6/h6-10,13,19-20H,5,14-16H2,1-4H3;3-5,7-8,16-17,30H,2,6,9-10H2,1H3;1-3H,4H2/t19-,20?;16-,17?;/m00./s1. The van der Waals surface area contributed by atoms with Crippen molar-refractivity contribution in [1.82, 2.24) is 33.9 Å². The zero-order valence-corrected chi connectivity index (χ0v) is 42.5. The Kier molecular flexibility index (Phi) is 16.1. The first-order valence-corrected chi connectivity index (χ1v) is 27.5. The molecule has 0 saturated carbocycles. The summed E-state index contributed by atoms with van der Waals surface area (Å²) in [5.41, 5.74) is 12.3. The highest BCUT2D eigenvalue weighted by molar-refractivity contribution is 6.83. The predicted octanol–water partition coefficient (Wildman–Crippen LogP) is 7.40. The summed E-state index contributed by atoms with van der Waals surface area (Å²) in [5.74, 6) is -0.852. The number of aromatic nitrogens is 5. The molecule has 0 bridgehead atoms. The van der Waals surface area contributed by atoms with Gasteiger partial charge in [-0.25, -0.2) is 22.2 Å². The number of pyridine rings is 2. The van der Waals surface area contributed by atoms with Crippen LogP contribution >= 0.6 is 0 Å². The second-order valence-corrected chi connectivity index (χ2v) is 23.6. The van der Waals surface area contributed by atoms with Crippen LogP contribution in [0, 0.1) is 34.7 Å². The number of amides is 2. The molecule has 0 aliphatic carbocycles. The number of likely N-dealkylation sites (N-methyl/N-ethyl adjacent to an activating group) is 2. The van der Waals surface area contributed by atoms with Gasteiger partial charge in [-0.3, -0.25) is 19.2 Å². The normalized spacial score (nSPS) is 18.2. The number of ether oxygens (including phenoxy) is 3. The number of rotatable bonds is 10. The summed E-state index contributed by atoms with van der Waals surface area (Å²) in [6.07, 6.45) is 4.65. The molecule has 0 radical (unpaired) electrons. The van der Waals surface area contributed by atoms with Crippen LogP contribution in [0.1, 0.15) is 69.2 Å². The number of halogens is 4. The summed E-state index contributed by atoms with van der Waals surface area (Å²) in [4.78, 5) is 58.5. The average molecular weight is 1050 g/mol. The van der Waals surface area contributed by atoms with Crippen molar-refractivity contribution in [2.75, 3.05) is 39.5 Å². The molecule has 2 amide bonds. The number of nitrogens with zero attached hydrogens (tertiary/aromatic N) is 10. The molecule has 2 fully saturated rings. The van der Waals surface area contributed by atoms with Crippen molar-refractivity contribution in [2.45, 2.75) is 77.4 Å². The number of carbonyl (C=O) groups is 2. The largest absolute Gasteiger partial charge is 0.503 e. The summed E-state index contributed by atoms with van der Waals surface area (Å²) < 4.78 is 74.2. The fraction of sp³-hybridized carbons (Fsp3) is 0.346. The molecule has 3 aromatic carbocycles. The maximum absolute atomic E-state index is 14.0. The Morgan fingerprint density at radius 1 is 0.773 bits per heavy atom. The second-order valence-electron chi connectivity index (χ2n) is 18.9. The summed E-state index contributed by atoms with van der Waals surface area (Å²) in [6.45, 7) is 12.9. The topological polar surface area (TPSA) is 212 Å². The van der Waals surface area contributed by atoms with Gasteiger partial charge in [-0.05, 0) is 42.6 Å². The molecule has 75 heavy (non-hydrogen) atoms. The zero-order valence-electron chi connectivity index (χ0n) is 41.5. The maximum atomic E-state index is 14.0. The molecule has 4 atom stereocenters. The van der Waals surface area contributed by atoms with Crippen LogP contribution in [0.15, 0.2) is 100 Å². The van der Waals surface area contributed by atoms with Crippen molar-refractivity contribution >= 4 is 19.9 Å². The monoisotopic (exact) mass is 1050 g/mol. The Balaban J connectivity index is 0.000000164. The Morgan fingerprint density at radius 3 is 1.92 bits per heavy atom. The van der Waals surface area contributed by atoms with E-state index in [2.05, 4.69) is 51.4 Å². The minimum absolute atomic E-state index is 0.0279. The van der Waals surface area contributed by atoms with Crippen LogP contribution < -0.4 is 15.6 Å². The third kappa shape index (κ3) is 11.4. The van der Waals surface area contributed by atoms with Crippen molar-refractivity contribution in [3.05, 3.63) is 173 Å². The smallest absolute Gasteiger partial charge is 0.274 e. The molecule has 1 N–H and O–H groups in total. The molecule has 23 heteroatoms.